The van der Waals surface area contributed by atoms with Crippen LogP contribution in [0.15, 0.2) is 47.0 Å². The van der Waals surface area contributed by atoms with E-state index in [1.165, 1.54) is 34.0 Å². The molecule has 1 N–H and O–H groups in total. The maximum absolute atomic E-state index is 12.4. The summed E-state index contributed by atoms with van der Waals surface area (Å²) >= 11 is 1.37. The Morgan fingerprint density at radius 1 is 1.19 bits per heavy atom. The molecule has 1 amide bonds. The number of nitrogens with one attached hydrogen (secondary N) is 1. The molecule has 8 nitrogen and oxygen atoms in total. The van der Waals surface area contributed by atoms with Crippen molar-refractivity contribution in [3.63, 3.8) is 0 Å². The SMILES string of the molecule is Cc1ccc(-c2csc(NC(=O)Cn3cnc4c3ncc(=O)n4C)n2)cc1. The number of aryl methyl sites for hydroxylation is 2. The van der Waals surface area contributed by atoms with Crippen LogP contribution in [-0.2, 0) is 18.4 Å². The largest absolute Gasteiger partial charge is 0.304 e. The molecule has 3 aromatic heterocycles. The zero-order chi connectivity index (χ0) is 19.0. The fraction of sp³-hybridized carbons (Fsp3) is 0.167. The Balaban J connectivity index is 1.50. The first-order valence-electron chi connectivity index (χ1n) is 8.20. The zero-order valence-corrected chi connectivity index (χ0v) is 15.5. The smallest absolute Gasteiger partial charge is 0.270 e. The molecule has 0 fully saturated rings. The quantitative estimate of drug-likeness (QED) is 0.586. The monoisotopic (exact) mass is 380 g/mol. The first kappa shape index (κ1) is 17.1. The van der Waals surface area contributed by atoms with Gasteiger partial charge in [0.25, 0.3) is 5.56 Å². The Morgan fingerprint density at radius 2 is 1.96 bits per heavy atom. The molecular weight excluding hydrogens is 364 g/mol. The molecule has 9 heteroatoms. The molecule has 0 saturated heterocycles. The van der Waals surface area contributed by atoms with E-state index in [4.69, 9.17) is 0 Å². The van der Waals surface area contributed by atoms with Gasteiger partial charge >= 0.3 is 0 Å². The number of carbonyl (C=O) groups excluding carboxylic acids is 1. The van der Waals surface area contributed by atoms with Crippen molar-refractivity contribution in [2.24, 2.45) is 7.05 Å². The predicted octanol–water partition coefficient (Wildman–Crippen LogP) is 2.20. The third-order valence-electron chi connectivity index (χ3n) is 4.15. The number of carbonyl (C=O) groups is 1. The topological polar surface area (TPSA) is 94.7 Å². The number of nitrogens with zero attached hydrogens (tertiary/aromatic N) is 5. The van der Waals surface area contributed by atoms with Crippen LogP contribution in [-0.4, -0.2) is 30.0 Å². The number of amides is 1. The molecule has 0 radical (unpaired) electrons. The van der Waals surface area contributed by atoms with Gasteiger partial charge in [0.2, 0.25) is 5.91 Å². The van der Waals surface area contributed by atoms with E-state index in [0.717, 1.165) is 11.3 Å². The highest BCUT2D eigenvalue weighted by Gasteiger charge is 2.13. The average Bonchev–Trinajstić information content (AvgIpc) is 3.26. The first-order chi connectivity index (χ1) is 13.0. The van der Waals surface area contributed by atoms with Crippen LogP contribution < -0.4 is 10.9 Å². The second kappa shape index (κ2) is 6.76. The van der Waals surface area contributed by atoms with Gasteiger partial charge in [0, 0.05) is 18.0 Å². The lowest BCUT2D eigenvalue weighted by atomic mass is 10.1. The molecule has 3 heterocycles. The Bertz CT molecular complexity index is 1190. The molecule has 136 valence electrons. The summed E-state index contributed by atoms with van der Waals surface area (Å²) < 4.78 is 2.99. The summed E-state index contributed by atoms with van der Waals surface area (Å²) in [6, 6.07) is 8.06. The van der Waals surface area contributed by atoms with Crippen molar-refractivity contribution in [2.75, 3.05) is 5.32 Å². The fourth-order valence-corrected chi connectivity index (χ4v) is 3.39. The van der Waals surface area contributed by atoms with Gasteiger partial charge in [-0.1, -0.05) is 29.8 Å². The molecular formula is C18H16N6O2S. The standard InChI is InChI=1S/C18H16N6O2S/c1-11-3-5-12(6-4-11)13-9-27-18(21-13)22-14(25)8-24-10-20-16-17(24)19-7-15(26)23(16)2/h3-7,9-10H,8H2,1-2H3,(H,21,22,25). The summed E-state index contributed by atoms with van der Waals surface area (Å²) in [6.07, 6.45) is 2.71. The Kier molecular flexibility index (Phi) is 4.28. The van der Waals surface area contributed by atoms with Gasteiger partial charge in [0.15, 0.2) is 16.4 Å². The number of thiazole rings is 1. The molecule has 1 aromatic carbocycles. The van der Waals surface area contributed by atoms with Gasteiger partial charge in [0.05, 0.1) is 18.2 Å². The van der Waals surface area contributed by atoms with Crippen LogP contribution in [0, 0.1) is 6.92 Å². The zero-order valence-electron chi connectivity index (χ0n) is 14.7. The number of hydrogen-bond donors (Lipinski definition) is 1. The van der Waals surface area contributed by atoms with Gasteiger partial charge in [-0.15, -0.1) is 11.3 Å². The third-order valence-corrected chi connectivity index (χ3v) is 4.91. The number of rotatable bonds is 4. The van der Waals surface area contributed by atoms with E-state index in [1.807, 2.05) is 36.6 Å². The van der Waals surface area contributed by atoms with Crippen LogP contribution in [0.1, 0.15) is 5.56 Å². The van der Waals surface area contributed by atoms with Gasteiger partial charge in [-0.05, 0) is 6.92 Å². The molecule has 0 aliphatic rings. The van der Waals surface area contributed by atoms with Crippen LogP contribution in [0.3, 0.4) is 0 Å². The van der Waals surface area contributed by atoms with E-state index < -0.39 is 0 Å². The van der Waals surface area contributed by atoms with Crippen LogP contribution in [0.5, 0.6) is 0 Å². The van der Waals surface area contributed by atoms with Gasteiger partial charge < -0.3 is 9.88 Å². The summed E-state index contributed by atoms with van der Waals surface area (Å²) in [5, 5.41) is 5.23. The maximum atomic E-state index is 12.4. The predicted molar refractivity (Wildman–Crippen MR) is 104 cm³/mol. The van der Waals surface area contributed by atoms with Gasteiger partial charge in [-0.2, -0.15) is 0 Å². The molecule has 0 saturated carbocycles. The highest BCUT2D eigenvalue weighted by Crippen LogP contribution is 2.25. The number of imidazole rings is 1. The maximum Gasteiger partial charge on any atom is 0.270 e. The van der Waals surface area contributed by atoms with Crippen molar-refractivity contribution in [1.29, 1.82) is 0 Å². The lowest BCUT2D eigenvalue weighted by Crippen LogP contribution is -2.20. The molecule has 4 aromatic rings. The summed E-state index contributed by atoms with van der Waals surface area (Å²) in [5.74, 6) is -0.241. The molecule has 4 rings (SSSR count). The lowest BCUT2D eigenvalue weighted by molar-refractivity contribution is -0.116. The van der Waals surface area contributed by atoms with Crippen molar-refractivity contribution < 1.29 is 4.79 Å². The number of hydrogen-bond acceptors (Lipinski definition) is 6. The summed E-state index contributed by atoms with van der Waals surface area (Å²) in [4.78, 5) is 36.7. The highest BCUT2D eigenvalue weighted by atomic mass is 32.1. The second-order valence-electron chi connectivity index (χ2n) is 6.13. The average molecular weight is 380 g/mol. The third kappa shape index (κ3) is 3.36. The molecule has 0 aliphatic carbocycles. The van der Waals surface area contributed by atoms with Crippen molar-refractivity contribution in [3.05, 3.63) is 58.1 Å². The van der Waals surface area contributed by atoms with Gasteiger partial charge in [-0.3, -0.25) is 14.2 Å². The summed E-state index contributed by atoms with van der Waals surface area (Å²) in [6.45, 7) is 2.06. The van der Waals surface area contributed by atoms with E-state index >= 15 is 0 Å². The van der Waals surface area contributed by atoms with Crippen molar-refractivity contribution in [2.45, 2.75) is 13.5 Å². The minimum absolute atomic E-state index is 0.0289. The highest BCUT2D eigenvalue weighted by molar-refractivity contribution is 7.14. The van der Waals surface area contributed by atoms with Gasteiger partial charge in [-0.25, -0.2) is 15.0 Å². The van der Waals surface area contributed by atoms with Crippen LogP contribution >= 0.6 is 11.3 Å². The van der Waals surface area contributed by atoms with Crippen molar-refractivity contribution in [1.82, 2.24) is 24.1 Å². The molecule has 0 bridgehead atoms. The summed E-state index contributed by atoms with van der Waals surface area (Å²) in [5.41, 5.74) is 3.67. The van der Waals surface area contributed by atoms with Crippen molar-refractivity contribution in [3.8, 4) is 11.3 Å². The number of aromatic nitrogens is 5. The molecule has 0 unspecified atom stereocenters. The Labute approximate surface area is 158 Å². The molecule has 0 aliphatic heterocycles. The minimum Gasteiger partial charge on any atom is -0.304 e. The lowest BCUT2D eigenvalue weighted by Gasteiger charge is -2.04. The second-order valence-corrected chi connectivity index (χ2v) is 6.99. The van der Waals surface area contributed by atoms with Gasteiger partial charge in [0.1, 0.15) is 6.54 Å². The van der Waals surface area contributed by atoms with Crippen LogP contribution in [0.4, 0.5) is 5.13 Å². The molecule has 27 heavy (non-hydrogen) atoms. The van der Waals surface area contributed by atoms with E-state index in [9.17, 15) is 9.59 Å². The molecule has 0 atom stereocenters. The van der Waals surface area contributed by atoms with Crippen LogP contribution in [0.25, 0.3) is 22.6 Å². The van der Waals surface area contributed by atoms with Crippen molar-refractivity contribution >= 4 is 33.7 Å². The fourth-order valence-electron chi connectivity index (χ4n) is 2.66. The van der Waals surface area contributed by atoms with E-state index in [1.54, 1.807) is 11.6 Å². The minimum atomic E-state index is -0.247. The molecule has 0 spiro atoms. The van der Waals surface area contributed by atoms with E-state index in [-0.39, 0.29) is 18.0 Å². The normalized spacial score (nSPS) is 11.0. The summed E-state index contributed by atoms with van der Waals surface area (Å²) in [7, 11) is 1.62. The number of benzene rings is 1. The van der Waals surface area contributed by atoms with E-state index in [0.29, 0.717) is 16.4 Å². The van der Waals surface area contributed by atoms with E-state index in [2.05, 4.69) is 20.3 Å². The number of fused-ring (bicyclic) bond motifs is 1. The Hall–Kier alpha value is -3.33. The first-order valence-corrected chi connectivity index (χ1v) is 9.08. The van der Waals surface area contributed by atoms with Crippen LogP contribution in [0.2, 0.25) is 0 Å². The number of anilines is 1. The Morgan fingerprint density at radius 3 is 2.74 bits per heavy atom.